The van der Waals surface area contributed by atoms with Gasteiger partial charge in [-0.05, 0) is 18.6 Å². The monoisotopic (exact) mass is 319 g/mol. The molecule has 5 nitrogen and oxygen atoms in total. The van der Waals surface area contributed by atoms with Crippen molar-refractivity contribution in [1.82, 2.24) is 4.57 Å². The molecule has 0 aliphatic heterocycles. The van der Waals surface area contributed by atoms with Crippen LogP contribution in [0.3, 0.4) is 0 Å². The van der Waals surface area contributed by atoms with Crippen molar-refractivity contribution >= 4 is 17.3 Å². The van der Waals surface area contributed by atoms with Gasteiger partial charge in [-0.3, -0.25) is 4.57 Å². The van der Waals surface area contributed by atoms with Crippen LogP contribution in [0.2, 0.25) is 5.02 Å². The molecule has 2 aromatic rings. The van der Waals surface area contributed by atoms with Gasteiger partial charge in [0.05, 0.1) is 18.8 Å². The third-order valence-electron chi connectivity index (χ3n) is 3.19. The summed E-state index contributed by atoms with van der Waals surface area (Å²) in [5.74, 6) is 0.459. The van der Waals surface area contributed by atoms with Gasteiger partial charge in [0.2, 0.25) is 5.88 Å². The molecule has 2 N–H and O–H groups in total. The molecule has 0 aliphatic rings. The summed E-state index contributed by atoms with van der Waals surface area (Å²) in [5, 5.41) is 9.94. The molecule has 1 heterocycles. The maximum Gasteiger partial charge on any atom is 0.219 e. The lowest BCUT2D eigenvalue weighted by atomic mass is 10.2. The summed E-state index contributed by atoms with van der Waals surface area (Å²) in [6, 6.07) is 11.2. The lowest BCUT2D eigenvalue weighted by Crippen LogP contribution is -2.20. The lowest BCUT2D eigenvalue weighted by molar-refractivity contribution is 0.0869. The number of anilines is 1. The molecule has 0 saturated heterocycles. The van der Waals surface area contributed by atoms with Crippen LogP contribution in [0.25, 0.3) is 0 Å². The van der Waals surface area contributed by atoms with Gasteiger partial charge in [-0.15, -0.1) is 0 Å². The Balaban J connectivity index is 2.37. The van der Waals surface area contributed by atoms with E-state index >= 15 is 0 Å². The molecule has 22 heavy (non-hydrogen) atoms. The van der Waals surface area contributed by atoms with Gasteiger partial charge in [-0.2, -0.15) is 5.26 Å². The highest BCUT2D eigenvalue weighted by Gasteiger charge is 2.18. The van der Waals surface area contributed by atoms with E-state index in [0.29, 0.717) is 35.4 Å². The number of nitrogens with two attached hydrogens (primary N) is 1. The largest absolute Gasteiger partial charge is 0.472 e. The van der Waals surface area contributed by atoms with E-state index in [-0.39, 0.29) is 6.10 Å². The zero-order valence-corrected chi connectivity index (χ0v) is 13.3. The summed E-state index contributed by atoms with van der Waals surface area (Å²) in [7, 11) is 1.60. The number of halogens is 1. The topological polar surface area (TPSA) is 73.2 Å². The third kappa shape index (κ3) is 3.53. The van der Waals surface area contributed by atoms with Gasteiger partial charge >= 0.3 is 0 Å². The highest BCUT2D eigenvalue weighted by molar-refractivity contribution is 6.31. The van der Waals surface area contributed by atoms with Crippen LogP contribution in [0.5, 0.6) is 5.88 Å². The predicted molar refractivity (Wildman–Crippen MR) is 86.1 cm³/mol. The van der Waals surface area contributed by atoms with Crippen LogP contribution in [-0.2, 0) is 11.3 Å². The van der Waals surface area contributed by atoms with Crippen LogP contribution in [0, 0.1) is 11.3 Å². The van der Waals surface area contributed by atoms with Crippen LogP contribution < -0.4 is 10.5 Å². The molecule has 2 rings (SSSR count). The average Bonchev–Trinajstić information content (AvgIpc) is 2.78. The Morgan fingerprint density at radius 2 is 2.14 bits per heavy atom. The quantitative estimate of drug-likeness (QED) is 0.888. The van der Waals surface area contributed by atoms with E-state index in [9.17, 15) is 5.26 Å². The number of methoxy groups -OCH3 is 1. The van der Waals surface area contributed by atoms with E-state index in [2.05, 4.69) is 6.07 Å². The number of hydrogen-bond donors (Lipinski definition) is 1. The number of nitrogens with zero attached hydrogens (tertiary/aromatic N) is 2. The average molecular weight is 320 g/mol. The fraction of sp³-hybridized carbons (Fsp3) is 0.312. The fourth-order valence-corrected chi connectivity index (χ4v) is 2.39. The normalized spacial score (nSPS) is 11.9. The van der Waals surface area contributed by atoms with E-state index in [1.165, 1.54) is 0 Å². The van der Waals surface area contributed by atoms with Crippen LogP contribution in [0.1, 0.15) is 18.2 Å². The molecule has 0 spiro atoms. The first-order valence-electron chi connectivity index (χ1n) is 6.85. The number of benzene rings is 1. The van der Waals surface area contributed by atoms with Crippen molar-refractivity contribution in [2.75, 3.05) is 19.5 Å². The second-order valence-electron chi connectivity index (χ2n) is 4.96. The first kappa shape index (κ1) is 16.2. The van der Waals surface area contributed by atoms with E-state index < -0.39 is 0 Å². The Morgan fingerprint density at radius 3 is 2.77 bits per heavy atom. The second-order valence-corrected chi connectivity index (χ2v) is 5.37. The molecule has 0 fully saturated rings. The number of hydrogen-bond acceptors (Lipinski definition) is 4. The van der Waals surface area contributed by atoms with Crippen molar-refractivity contribution in [3.8, 4) is 11.9 Å². The molecule has 0 unspecified atom stereocenters. The zero-order chi connectivity index (χ0) is 16.1. The van der Waals surface area contributed by atoms with Crippen LogP contribution in [0.4, 0.5) is 5.69 Å². The summed E-state index contributed by atoms with van der Waals surface area (Å²) in [6.07, 6.45) is -0.182. The van der Waals surface area contributed by atoms with Crippen molar-refractivity contribution in [2.24, 2.45) is 0 Å². The van der Waals surface area contributed by atoms with Crippen LogP contribution in [-0.4, -0.2) is 24.4 Å². The van der Waals surface area contributed by atoms with E-state index in [1.54, 1.807) is 17.7 Å². The molecule has 0 aliphatic carbocycles. The summed E-state index contributed by atoms with van der Waals surface area (Å²) < 4.78 is 12.6. The Hall–Kier alpha value is -2.16. The van der Waals surface area contributed by atoms with E-state index in [1.807, 2.05) is 31.2 Å². The molecule has 116 valence electrons. The maximum atomic E-state index is 9.30. The molecule has 6 heteroatoms. The van der Waals surface area contributed by atoms with Gasteiger partial charge < -0.3 is 15.2 Å². The first-order valence-corrected chi connectivity index (χ1v) is 7.22. The Morgan fingerprint density at radius 1 is 1.41 bits per heavy atom. The summed E-state index contributed by atoms with van der Waals surface area (Å²) in [4.78, 5) is 0. The summed E-state index contributed by atoms with van der Waals surface area (Å²) in [6.45, 7) is 2.72. The molecular weight excluding hydrogens is 302 g/mol. The number of ether oxygens (including phenoxy) is 2. The molecule has 1 atom stereocenters. The number of nitriles is 1. The number of aromatic nitrogens is 1. The minimum atomic E-state index is -0.182. The molecule has 1 aromatic carbocycles. The minimum Gasteiger partial charge on any atom is -0.472 e. The van der Waals surface area contributed by atoms with E-state index in [4.69, 9.17) is 26.8 Å². The van der Waals surface area contributed by atoms with Crippen molar-refractivity contribution in [2.45, 2.75) is 19.6 Å². The standard InChI is InChI=1S/C16H18ClN3O2/c1-11(10-21-2)22-16-15(19)7-13(8-18)20(16)9-12-5-3-4-6-14(12)17/h3-7,11H,9-10,19H2,1-2H3/t11-/m1/s1. The fourth-order valence-electron chi connectivity index (χ4n) is 2.19. The first-order chi connectivity index (χ1) is 10.6. The SMILES string of the molecule is COC[C@@H](C)Oc1c(N)cc(C#N)n1Cc1ccccc1Cl. The highest BCUT2D eigenvalue weighted by Crippen LogP contribution is 2.29. The Kier molecular flexibility index (Phi) is 5.31. The van der Waals surface area contributed by atoms with Gasteiger partial charge in [0, 0.05) is 18.2 Å². The number of rotatable bonds is 6. The van der Waals surface area contributed by atoms with Crippen molar-refractivity contribution in [1.29, 1.82) is 5.26 Å². The summed E-state index contributed by atoms with van der Waals surface area (Å²) in [5.41, 5.74) is 7.72. The minimum absolute atomic E-state index is 0.182. The molecule has 0 radical (unpaired) electrons. The van der Waals surface area contributed by atoms with Crippen molar-refractivity contribution in [3.63, 3.8) is 0 Å². The van der Waals surface area contributed by atoms with Gasteiger partial charge in [0.25, 0.3) is 0 Å². The maximum absolute atomic E-state index is 9.30. The molecule has 0 bridgehead atoms. The van der Waals surface area contributed by atoms with Crippen LogP contribution in [0.15, 0.2) is 30.3 Å². The van der Waals surface area contributed by atoms with Crippen molar-refractivity contribution < 1.29 is 9.47 Å². The van der Waals surface area contributed by atoms with Gasteiger partial charge in [0.15, 0.2) is 0 Å². The van der Waals surface area contributed by atoms with Crippen LogP contribution >= 0.6 is 11.6 Å². The zero-order valence-electron chi connectivity index (χ0n) is 12.5. The molecule has 1 aromatic heterocycles. The van der Waals surface area contributed by atoms with E-state index in [0.717, 1.165) is 5.56 Å². The van der Waals surface area contributed by atoms with Crippen molar-refractivity contribution in [3.05, 3.63) is 46.6 Å². The van der Waals surface area contributed by atoms with Gasteiger partial charge in [-0.25, -0.2) is 0 Å². The number of nitrogen functional groups attached to an aromatic ring is 1. The van der Waals surface area contributed by atoms with Gasteiger partial charge in [0.1, 0.15) is 17.9 Å². The Bertz CT molecular complexity index is 691. The van der Waals surface area contributed by atoms with Gasteiger partial charge in [-0.1, -0.05) is 29.8 Å². The lowest BCUT2D eigenvalue weighted by Gasteiger charge is -2.17. The molecular formula is C16H18ClN3O2. The molecule has 0 amide bonds. The molecule has 0 saturated carbocycles. The Labute approximate surface area is 134 Å². The summed E-state index contributed by atoms with van der Waals surface area (Å²) >= 11 is 6.20. The third-order valence-corrected chi connectivity index (χ3v) is 3.56. The highest BCUT2D eigenvalue weighted by atomic mass is 35.5. The second kappa shape index (κ2) is 7.21. The predicted octanol–water partition coefficient (Wildman–Crippen LogP) is 3.06. The smallest absolute Gasteiger partial charge is 0.219 e.